The number of aryl methyl sites for hydroxylation is 1. The number of hydrogen-bond donors (Lipinski definition) is 1. The van der Waals surface area contributed by atoms with Gasteiger partial charge < -0.3 is 10.5 Å². The lowest BCUT2D eigenvalue weighted by atomic mass is 10.3. The Morgan fingerprint density at radius 2 is 2.25 bits per heavy atom. The van der Waals surface area contributed by atoms with Crippen molar-refractivity contribution in [3.63, 3.8) is 0 Å². The third-order valence-corrected chi connectivity index (χ3v) is 4.15. The summed E-state index contributed by atoms with van der Waals surface area (Å²) in [6.07, 6.45) is 0. The molecule has 84 valence electrons. The van der Waals surface area contributed by atoms with Gasteiger partial charge in [0.15, 0.2) is 4.34 Å². The Balaban J connectivity index is 2.26. The Morgan fingerprint density at radius 1 is 1.44 bits per heavy atom. The highest BCUT2D eigenvalue weighted by Gasteiger charge is 2.06. The number of nitrogens with two attached hydrogens (primary N) is 1. The van der Waals surface area contributed by atoms with Gasteiger partial charge in [0.2, 0.25) is 0 Å². The number of nitrogen functional groups attached to an aromatic ring is 1. The summed E-state index contributed by atoms with van der Waals surface area (Å²) in [7, 11) is 1.65. The highest BCUT2D eigenvalue weighted by molar-refractivity contribution is 8.01. The molecule has 0 amide bonds. The Hall–Kier alpha value is -1.20. The first kappa shape index (κ1) is 11.3. The van der Waals surface area contributed by atoms with Gasteiger partial charge in [-0.05, 0) is 25.1 Å². The van der Waals surface area contributed by atoms with E-state index in [1.54, 1.807) is 30.2 Å². The Labute approximate surface area is 103 Å². The Kier molecular flexibility index (Phi) is 3.36. The van der Waals surface area contributed by atoms with E-state index in [-0.39, 0.29) is 0 Å². The summed E-state index contributed by atoms with van der Waals surface area (Å²) in [4.78, 5) is 5.37. The summed E-state index contributed by atoms with van der Waals surface area (Å²) >= 11 is 3.19. The number of benzene rings is 1. The highest BCUT2D eigenvalue weighted by atomic mass is 32.2. The summed E-state index contributed by atoms with van der Waals surface area (Å²) in [5.74, 6) is 0.810. The Bertz CT molecular complexity index is 496. The predicted octanol–water partition coefficient (Wildman–Crippen LogP) is 3.19. The zero-order chi connectivity index (χ0) is 11.5. The van der Waals surface area contributed by atoms with Crippen LogP contribution in [0.3, 0.4) is 0 Å². The van der Waals surface area contributed by atoms with Gasteiger partial charge >= 0.3 is 0 Å². The van der Waals surface area contributed by atoms with Crippen LogP contribution in [0.5, 0.6) is 5.75 Å². The summed E-state index contributed by atoms with van der Waals surface area (Å²) in [5.41, 5.74) is 7.68. The first-order valence-electron chi connectivity index (χ1n) is 4.72. The van der Waals surface area contributed by atoms with E-state index in [4.69, 9.17) is 10.5 Å². The number of thiazole rings is 1. The van der Waals surface area contributed by atoms with E-state index in [2.05, 4.69) is 4.98 Å². The van der Waals surface area contributed by atoms with E-state index in [1.807, 2.05) is 30.5 Å². The molecule has 1 aromatic heterocycles. The molecule has 2 rings (SSSR count). The average Bonchev–Trinajstić information content (AvgIpc) is 2.67. The molecular formula is C11H12N2OS2. The number of nitrogens with zero attached hydrogens (tertiary/aromatic N) is 1. The Morgan fingerprint density at radius 3 is 2.88 bits per heavy atom. The topological polar surface area (TPSA) is 48.1 Å². The molecule has 0 spiro atoms. The van der Waals surface area contributed by atoms with E-state index in [0.29, 0.717) is 0 Å². The van der Waals surface area contributed by atoms with Crippen molar-refractivity contribution < 1.29 is 4.74 Å². The van der Waals surface area contributed by atoms with Crippen LogP contribution < -0.4 is 10.5 Å². The first-order chi connectivity index (χ1) is 7.69. The van der Waals surface area contributed by atoms with Crippen molar-refractivity contribution in [3.05, 3.63) is 29.3 Å². The maximum Gasteiger partial charge on any atom is 0.154 e. The van der Waals surface area contributed by atoms with E-state index in [1.165, 1.54) is 0 Å². The molecule has 2 N–H and O–H groups in total. The number of rotatable bonds is 3. The molecule has 16 heavy (non-hydrogen) atoms. The smallest absolute Gasteiger partial charge is 0.154 e. The molecule has 0 aliphatic rings. The summed E-state index contributed by atoms with van der Waals surface area (Å²) in [6, 6.07) is 5.63. The fourth-order valence-corrected chi connectivity index (χ4v) is 3.07. The molecule has 1 aromatic carbocycles. The van der Waals surface area contributed by atoms with Crippen LogP contribution in [0.15, 0.2) is 32.8 Å². The van der Waals surface area contributed by atoms with Crippen molar-refractivity contribution in [1.29, 1.82) is 0 Å². The quantitative estimate of drug-likeness (QED) is 0.852. The number of ether oxygens (including phenoxy) is 1. The molecule has 3 nitrogen and oxygen atoms in total. The van der Waals surface area contributed by atoms with Gasteiger partial charge in [-0.15, -0.1) is 11.3 Å². The normalized spacial score (nSPS) is 10.4. The molecule has 2 aromatic rings. The van der Waals surface area contributed by atoms with Crippen molar-refractivity contribution in [2.45, 2.75) is 16.2 Å². The fraction of sp³-hybridized carbons (Fsp3) is 0.182. The zero-order valence-electron chi connectivity index (χ0n) is 9.06. The first-order valence-corrected chi connectivity index (χ1v) is 6.42. The lowest BCUT2D eigenvalue weighted by Crippen LogP contribution is -1.90. The molecule has 0 saturated carbocycles. The fourth-order valence-electron chi connectivity index (χ4n) is 1.20. The molecule has 0 radical (unpaired) electrons. The van der Waals surface area contributed by atoms with Crippen LogP contribution in [0.25, 0.3) is 0 Å². The van der Waals surface area contributed by atoms with Crippen molar-refractivity contribution in [2.24, 2.45) is 0 Å². The van der Waals surface area contributed by atoms with E-state index < -0.39 is 0 Å². The van der Waals surface area contributed by atoms with E-state index in [9.17, 15) is 0 Å². The molecule has 0 atom stereocenters. The third kappa shape index (κ3) is 2.48. The standard InChI is InChI=1S/C11H12N2OS2/c1-7-6-15-11(13-7)16-10-5-8(14-2)3-4-9(10)12/h3-6H,12H2,1-2H3. The lowest BCUT2D eigenvalue weighted by molar-refractivity contribution is 0.414. The molecule has 5 heteroatoms. The summed E-state index contributed by atoms with van der Waals surface area (Å²) < 4.78 is 6.16. The minimum Gasteiger partial charge on any atom is -0.497 e. The molecule has 0 fully saturated rings. The van der Waals surface area contributed by atoms with Gasteiger partial charge in [-0.3, -0.25) is 0 Å². The van der Waals surface area contributed by atoms with Gasteiger partial charge in [0.05, 0.1) is 7.11 Å². The van der Waals surface area contributed by atoms with Crippen LogP contribution in [0.4, 0.5) is 5.69 Å². The van der Waals surface area contributed by atoms with Gasteiger partial charge in [-0.1, -0.05) is 11.8 Å². The van der Waals surface area contributed by atoms with Crippen molar-refractivity contribution in [1.82, 2.24) is 4.98 Å². The van der Waals surface area contributed by atoms with E-state index >= 15 is 0 Å². The second kappa shape index (κ2) is 4.76. The zero-order valence-corrected chi connectivity index (χ0v) is 10.7. The second-order valence-corrected chi connectivity index (χ2v) is 5.41. The van der Waals surface area contributed by atoms with Crippen molar-refractivity contribution in [3.8, 4) is 5.75 Å². The predicted molar refractivity (Wildman–Crippen MR) is 68.4 cm³/mol. The van der Waals surface area contributed by atoms with Gasteiger partial charge in [-0.25, -0.2) is 4.98 Å². The highest BCUT2D eigenvalue weighted by Crippen LogP contribution is 2.35. The van der Waals surface area contributed by atoms with Crippen molar-refractivity contribution in [2.75, 3.05) is 12.8 Å². The number of hydrogen-bond acceptors (Lipinski definition) is 5. The van der Waals surface area contributed by atoms with Crippen LogP contribution in [0.2, 0.25) is 0 Å². The van der Waals surface area contributed by atoms with Crippen LogP contribution >= 0.6 is 23.1 Å². The third-order valence-electron chi connectivity index (χ3n) is 2.02. The number of aromatic nitrogens is 1. The van der Waals surface area contributed by atoms with Crippen LogP contribution in [0, 0.1) is 6.92 Å². The average molecular weight is 252 g/mol. The number of methoxy groups -OCH3 is 1. The van der Waals surface area contributed by atoms with Gasteiger partial charge in [0.25, 0.3) is 0 Å². The largest absolute Gasteiger partial charge is 0.497 e. The minimum absolute atomic E-state index is 0.749. The molecular weight excluding hydrogens is 240 g/mol. The van der Waals surface area contributed by atoms with Crippen LogP contribution in [0.1, 0.15) is 5.69 Å². The van der Waals surface area contributed by atoms with Crippen LogP contribution in [-0.4, -0.2) is 12.1 Å². The SMILES string of the molecule is COc1ccc(N)c(Sc2nc(C)cs2)c1. The monoisotopic (exact) mass is 252 g/mol. The van der Waals surface area contributed by atoms with Gasteiger partial charge in [0, 0.05) is 21.7 Å². The van der Waals surface area contributed by atoms with E-state index in [0.717, 1.165) is 26.4 Å². The molecule has 0 aliphatic heterocycles. The molecule has 1 heterocycles. The van der Waals surface area contributed by atoms with Crippen LogP contribution in [-0.2, 0) is 0 Å². The maximum absolute atomic E-state index is 5.90. The number of anilines is 1. The summed E-state index contributed by atoms with van der Waals surface area (Å²) in [6.45, 7) is 1.98. The van der Waals surface area contributed by atoms with Crippen molar-refractivity contribution >= 4 is 28.8 Å². The van der Waals surface area contributed by atoms with Gasteiger partial charge in [0.1, 0.15) is 5.75 Å². The summed E-state index contributed by atoms with van der Waals surface area (Å²) in [5, 5.41) is 2.03. The maximum atomic E-state index is 5.90. The molecule has 0 aliphatic carbocycles. The molecule has 0 bridgehead atoms. The lowest BCUT2D eigenvalue weighted by Gasteiger charge is -2.05. The minimum atomic E-state index is 0.749. The second-order valence-electron chi connectivity index (χ2n) is 3.26. The molecule has 0 saturated heterocycles. The van der Waals surface area contributed by atoms with Gasteiger partial charge in [-0.2, -0.15) is 0 Å². The molecule has 0 unspecified atom stereocenters.